The van der Waals surface area contributed by atoms with Crippen molar-refractivity contribution in [1.29, 1.82) is 0 Å². The molecule has 0 fully saturated rings. The Kier molecular flexibility index (Phi) is 4.69. The molecule has 8 nitrogen and oxygen atoms in total. The highest BCUT2D eigenvalue weighted by atomic mass is 15.2. The third-order valence-electron chi connectivity index (χ3n) is 3.90. The molecule has 134 valence electrons. The lowest BCUT2D eigenvalue weighted by Crippen LogP contribution is -2.26. The summed E-state index contributed by atoms with van der Waals surface area (Å²) in [6.45, 7) is 1.73. The molecule has 4 N–H and O–H groups in total. The highest BCUT2D eigenvalue weighted by Gasteiger charge is 2.05. The lowest BCUT2D eigenvalue weighted by atomic mass is 10.2. The van der Waals surface area contributed by atoms with Crippen molar-refractivity contribution in [2.45, 2.75) is 0 Å². The molecule has 0 atom stereocenters. The first-order valence-corrected chi connectivity index (χ1v) is 8.50. The number of rotatable bonds is 1. The third kappa shape index (κ3) is 4.06. The van der Waals surface area contributed by atoms with Crippen LogP contribution in [0, 0.1) is 0 Å². The van der Waals surface area contributed by atoms with E-state index >= 15 is 0 Å². The maximum atomic E-state index is 5.56. The van der Waals surface area contributed by atoms with Crippen LogP contribution in [0.2, 0.25) is 0 Å². The highest BCUT2D eigenvalue weighted by molar-refractivity contribution is 5.96. The third-order valence-corrected chi connectivity index (χ3v) is 3.90. The number of nitrogens with one attached hydrogen (secondary N) is 2. The van der Waals surface area contributed by atoms with Gasteiger partial charge in [0.05, 0.1) is 28.6 Å². The molecule has 0 unspecified atom stereocenters. The van der Waals surface area contributed by atoms with Crippen LogP contribution in [0.1, 0.15) is 0 Å². The van der Waals surface area contributed by atoms with Crippen LogP contribution in [0.5, 0.6) is 0 Å². The Morgan fingerprint density at radius 1 is 0.778 bits per heavy atom. The maximum Gasteiger partial charge on any atom is 0.195 e. The van der Waals surface area contributed by atoms with Gasteiger partial charge in [-0.15, -0.1) is 0 Å². The van der Waals surface area contributed by atoms with Crippen molar-refractivity contribution in [2.24, 2.45) is 4.99 Å². The van der Waals surface area contributed by atoms with E-state index in [-0.39, 0.29) is 0 Å². The second kappa shape index (κ2) is 7.61. The first-order chi connectivity index (χ1) is 13.3. The molecule has 0 bridgehead atoms. The number of hydrogen-bond donors (Lipinski definition) is 3. The van der Waals surface area contributed by atoms with Gasteiger partial charge in [-0.1, -0.05) is 0 Å². The predicted molar refractivity (Wildman–Crippen MR) is 107 cm³/mol. The normalized spacial score (nSPS) is 12.8. The molecule has 1 aliphatic rings. The minimum Gasteiger partial charge on any atom is -0.399 e. The van der Waals surface area contributed by atoms with Gasteiger partial charge in [-0.3, -0.25) is 24.9 Å². The van der Waals surface area contributed by atoms with Crippen LogP contribution in [0.4, 0.5) is 11.4 Å². The zero-order valence-corrected chi connectivity index (χ0v) is 14.5. The molecule has 1 aliphatic heterocycles. The van der Waals surface area contributed by atoms with E-state index in [4.69, 9.17) is 5.73 Å². The molecule has 0 aliphatic carbocycles. The van der Waals surface area contributed by atoms with E-state index in [1.807, 2.05) is 36.4 Å². The van der Waals surface area contributed by atoms with Gasteiger partial charge >= 0.3 is 0 Å². The second-order valence-electron chi connectivity index (χ2n) is 5.85. The Hall–Kier alpha value is -3.81. The van der Waals surface area contributed by atoms with Crippen LogP contribution >= 0.6 is 0 Å². The average Bonchev–Trinajstić information content (AvgIpc) is 3.21. The fraction of sp³-hybridized carbons (Fsp3) is 0.105. The molecular formula is C19H18N8. The first-order valence-electron chi connectivity index (χ1n) is 8.50. The van der Waals surface area contributed by atoms with Gasteiger partial charge in [0.15, 0.2) is 5.96 Å². The van der Waals surface area contributed by atoms with E-state index < -0.39 is 0 Å². The number of nitrogens with zero attached hydrogens (tertiary/aromatic N) is 5. The summed E-state index contributed by atoms with van der Waals surface area (Å²) in [6, 6.07) is 11.4. The van der Waals surface area contributed by atoms with Gasteiger partial charge in [-0.2, -0.15) is 0 Å². The largest absolute Gasteiger partial charge is 0.399 e. The number of hydrogen-bond acceptors (Lipinski definition) is 8. The minimum absolute atomic E-state index is 0.720. The number of nitrogens with two attached hydrogens (primary N) is 1. The van der Waals surface area contributed by atoms with Crippen molar-refractivity contribution in [2.75, 3.05) is 24.1 Å². The lowest BCUT2D eigenvalue weighted by Gasteiger charge is -2.06. The van der Waals surface area contributed by atoms with Crippen LogP contribution in [-0.2, 0) is 0 Å². The van der Waals surface area contributed by atoms with Crippen LogP contribution in [-0.4, -0.2) is 39.0 Å². The van der Waals surface area contributed by atoms with Gasteiger partial charge in [-0.05, 0) is 36.4 Å². The van der Waals surface area contributed by atoms with Gasteiger partial charge in [0.25, 0.3) is 0 Å². The van der Waals surface area contributed by atoms with Crippen LogP contribution in [0.3, 0.4) is 0 Å². The molecule has 5 rings (SSSR count). The van der Waals surface area contributed by atoms with E-state index in [2.05, 4.69) is 35.6 Å². The molecule has 2 aromatic carbocycles. The standard InChI is InChI=1S/C11H11N5.C8H7N3/c1-2-9-10(13-4-3-12-9)7-8(1)16-11-14-5-6-15-11;9-6-1-2-7-8(5-6)11-4-3-10-7/h1-4,7H,5-6H2,(H2,14,15,16);1-5H,9H2. The van der Waals surface area contributed by atoms with Crippen LogP contribution in [0.25, 0.3) is 22.1 Å². The number of fused-ring (bicyclic) bond motifs is 2. The van der Waals surface area contributed by atoms with Crippen LogP contribution < -0.4 is 16.4 Å². The summed E-state index contributed by atoms with van der Waals surface area (Å²) in [6.07, 6.45) is 6.70. The van der Waals surface area contributed by atoms with E-state index in [1.54, 1.807) is 24.8 Å². The van der Waals surface area contributed by atoms with Gasteiger partial charge in [-0.25, -0.2) is 0 Å². The Bertz CT molecular complexity index is 1110. The average molecular weight is 358 g/mol. The second-order valence-corrected chi connectivity index (χ2v) is 5.85. The molecule has 3 heterocycles. The number of benzene rings is 2. The number of guanidine groups is 1. The van der Waals surface area contributed by atoms with E-state index in [0.29, 0.717) is 0 Å². The van der Waals surface area contributed by atoms with E-state index in [0.717, 1.165) is 52.5 Å². The van der Waals surface area contributed by atoms with Gasteiger partial charge in [0.1, 0.15) is 0 Å². The Balaban J connectivity index is 0.000000143. The molecule has 2 aromatic heterocycles. The number of aromatic nitrogens is 4. The summed E-state index contributed by atoms with van der Waals surface area (Å²) in [5, 5.41) is 6.36. The van der Waals surface area contributed by atoms with Crippen molar-refractivity contribution in [3.05, 3.63) is 61.2 Å². The van der Waals surface area contributed by atoms with Gasteiger partial charge in [0.2, 0.25) is 0 Å². The van der Waals surface area contributed by atoms with Crippen molar-refractivity contribution in [3.8, 4) is 0 Å². The Morgan fingerprint density at radius 2 is 1.41 bits per heavy atom. The minimum atomic E-state index is 0.720. The van der Waals surface area contributed by atoms with Crippen molar-refractivity contribution < 1.29 is 0 Å². The fourth-order valence-corrected chi connectivity index (χ4v) is 2.64. The molecule has 8 heteroatoms. The number of nitrogen functional groups attached to an aromatic ring is 1. The quantitative estimate of drug-likeness (QED) is 0.447. The monoisotopic (exact) mass is 358 g/mol. The highest BCUT2D eigenvalue weighted by Crippen LogP contribution is 2.15. The molecule has 0 spiro atoms. The first kappa shape index (κ1) is 16.6. The molecule has 4 aromatic rings. The molecule has 0 amide bonds. The molecule has 0 saturated heterocycles. The molecule has 0 radical (unpaired) electrons. The predicted octanol–water partition coefficient (Wildman–Crippen LogP) is 2.21. The Labute approximate surface area is 155 Å². The summed E-state index contributed by atoms with van der Waals surface area (Å²) in [5.74, 6) is 0.822. The number of anilines is 2. The maximum absolute atomic E-state index is 5.56. The summed E-state index contributed by atoms with van der Waals surface area (Å²) in [7, 11) is 0. The zero-order chi connectivity index (χ0) is 18.5. The summed E-state index contributed by atoms with van der Waals surface area (Å²) >= 11 is 0. The number of aliphatic imine (C=N–C) groups is 1. The van der Waals surface area contributed by atoms with Crippen molar-refractivity contribution in [1.82, 2.24) is 25.3 Å². The lowest BCUT2D eigenvalue weighted by molar-refractivity contribution is 0.959. The van der Waals surface area contributed by atoms with Crippen molar-refractivity contribution in [3.63, 3.8) is 0 Å². The Morgan fingerprint density at radius 3 is 2.07 bits per heavy atom. The van der Waals surface area contributed by atoms with Gasteiger partial charge < -0.3 is 16.4 Å². The van der Waals surface area contributed by atoms with E-state index in [9.17, 15) is 0 Å². The van der Waals surface area contributed by atoms with Gasteiger partial charge in [0, 0.05) is 42.7 Å². The smallest absolute Gasteiger partial charge is 0.195 e. The topological polar surface area (TPSA) is 114 Å². The SMILES string of the molecule is Nc1ccc2nccnc2c1.c1cnc2cc(NC3=NCCN3)ccc2n1. The summed E-state index contributed by atoms with van der Waals surface area (Å²) in [5.41, 5.74) is 10.7. The zero-order valence-electron chi connectivity index (χ0n) is 14.5. The van der Waals surface area contributed by atoms with Crippen molar-refractivity contribution >= 4 is 39.4 Å². The summed E-state index contributed by atoms with van der Waals surface area (Å²) < 4.78 is 0. The van der Waals surface area contributed by atoms with E-state index in [1.165, 1.54) is 0 Å². The molecular weight excluding hydrogens is 340 g/mol. The fourth-order valence-electron chi connectivity index (χ4n) is 2.64. The summed E-state index contributed by atoms with van der Waals surface area (Å²) in [4.78, 5) is 20.9. The molecule has 0 saturated carbocycles. The molecule has 27 heavy (non-hydrogen) atoms. The van der Waals surface area contributed by atoms with Crippen LogP contribution in [0.15, 0.2) is 66.2 Å².